The summed E-state index contributed by atoms with van der Waals surface area (Å²) in [5.41, 5.74) is 0. The van der Waals surface area contributed by atoms with E-state index in [1.165, 1.54) is 4.24 Å². The molecule has 68 valence electrons. The van der Waals surface area contributed by atoms with Crippen LogP contribution in [0.3, 0.4) is 0 Å². The van der Waals surface area contributed by atoms with E-state index in [-0.39, 0.29) is 6.61 Å². The van der Waals surface area contributed by atoms with Crippen molar-refractivity contribution in [1.82, 2.24) is 0 Å². The molecule has 0 saturated carbocycles. The molecule has 0 fully saturated rings. The molecule has 12 heavy (non-hydrogen) atoms. The Bertz CT molecular complexity index is 189. The Morgan fingerprint density at radius 2 is 2.50 bits per heavy atom. The fourth-order valence-corrected chi connectivity index (χ4v) is 2.86. The second kappa shape index (κ2) is 5.67. The monoisotopic (exact) mass is 204 g/mol. The van der Waals surface area contributed by atoms with Crippen LogP contribution in [-0.2, 0) is 4.79 Å². The first-order valence-corrected chi connectivity index (χ1v) is 5.88. The minimum Gasteiger partial charge on any atom is -0.396 e. The van der Waals surface area contributed by atoms with E-state index in [1.54, 1.807) is 23.5 Å². The number of Topliss-reactive ketones (excluding diaryl/α,β-unsaturated/α-hetero) is 1. The average Bonchev–Trinajstić information content (AvgIpc) is 2.09. The topological polar surface area (TPSA) is 37.3 Å². The number of carbonyl (C=O) groups excluding carboxylic acids is 1. The highest BCUT2D eigenvalue weighted by Gasteiger charge is 2.10. The third-order valence-electron chi connectivity index (χ3n) is 1.42. The molecule has 0 atom stereocenters. The van der Waals surface area contributed by atoms with Crippen LogP contribution >= 0.6 is 23.5 Å². The van der Waals surface area contributed by atoms with E-state index in [1.807, 2.05) is 6.08 Å². The van der Waals surface area contributed by atoms with Gasteiger partial charge in [-0.1, -0.05) is 6.08 Å². The predicted octanol–water partition coefficient (Wildman–Crippen LogP) is 1.65. The van der Waals surface area contributed by atoms with Crippen LogP contribution in [-0.4, -0.2) is 29.0 Å². The summed E-state index contributed by atoms with van der Waals surface area (Å²) in [6.07, 6.45) is 3.41. The standard InChI is InChI=1S/C8H12O2S2/c9-4-1-5-11-8-3-2-7(10)6-12-8/h3,9H,1-2,4-6H2. The Morgan fingerprint density at radius 1 is 1.67 bits per heavy atom. The molecule has 1 aliphatic rings. The van der Waals surface area contributed by atoms with Crippen molar-refractivity contribution in [1.29, 1.82) is 0 Å². The van der Waals surface area contributed by atoms with E-state index in [0.29, 0.717) is 18.0 Å². The van der Waals surface area contributed by atoms with Gasteiger partial charge in [0.1, 0.15) is 5.78 Å². The van der Waals surface area contributed by atoms with Crippen LogP contribution in [0.25, 0.3) is 0 Å². The zero-order valence-corrected chi connectivity index (χ0v) is 8.42. The van der Waals surface area contributed by atoms with Gasteiger partial charge in [0.2, 0.25) is 0 Å². The number of aliphatic hydroxyl groups is 1. The van der Waals surface area contributed by atoms with Gasteiger partial charge in [-0.15, -0.1) is 23.5 Å². The first-order valence-electron chi connectivity index (χ1n) is 3.91. The van der Waals surface area contributed by atoms with Gasteiger partial charge in [-0.25, -0.2) is 0 Å². The zero-order chi connectivity index (χ0) is 8.81. The van der Waals surface area contributed by atoms with E-state index < -0.39 is 0 Å². The molecule has 1 rings (SSSR count). The number of rotatable bonds is 4. The SMILES string of the molecule is O=C1CC=C(SCCCO)SC1. The Balaban J connectivity index is 2.19. The maximum absolute atomic E-state index is 10.8. The van der Waals surface area contributed by atoms with Gasteiger partial charge in [-0.3, -0.25) is 4.79 Å². The van der Waals surface area contributed by atoms with Crippen molar-refractivity contribution >= 4 is 29.3 Å². The van der Waals surface area contributed by atoms with Gasteiger partial charge in [0.25, 0.3) is 0 Å². The molecule has 1 heterocycles. The number of aliphatic hydroxyl groups excluding tert-OH is 1. The van der Waals surface area contributed by atoms with Gasteiger partial charge in [-0.05, 0) is 6.42 Å². The first kappa shape index (κ1) is 10.2. The van der Waals surface area contributed by atoms with E-state index in [9.17, 15) is 4.79 Å². The maximum atomic E-state index is 10.8. The minimum absolute atomic E-state index is 0.254. The molecule has 0 aliphatic carbocycles. The first-order chi connectivity index (χ1) is 5.83. The van der Waals surface area contributed by atoms with Crippen molar-refractivity contribution in [2.45, 2.75) is 12.8 Å². The van der Waals surface area contributed by atoms with Crippen LogP contribution in [0.5, 0.6) is 0 Å². The van der Waals surface area contributed by atoms with E-state index in [2.05, 4.69) is 0 Å². The van der Waals surface area contributed by atoms with Crippen LogP contribution in [0.2, 0.25) is 0 Å². The predicted molar refractivity (Wildman–Crippen MR) is 54.3 cm³/mol. The van der Waals surface area contributed by atoms with E-state index in [0.717, 1.165) is 12.2 Å². The average molecular weight is 204 g/mol. The molecule has 0 amide bonds. The Kier molecular flexibility index (Phi) is 4.80. The molecule has 0 radical (unpaired) electrons. The van der Waals surface area contributed by atoms with Crippen LogP contribution in [0, 0.1) is 0 Å². The van der Waals surface area contributed by atoms with Crippen LogP contribution < -0.4 is 0 Å². The number of ketones is 1. The van der Waals surface area contributed by atoms with Crippen molar-refractivity contribution in [2.24, 2.45) is 0 Å². The maximum Gasteiger partial charge on any atom is 0.146 e. The summed E-state index contributed by atoms with van der Waals surface area (Å²) >= 11 is 3.35. The fourth-order valence-electron chi connectivity index (χ4n) is 0.805. The molecular weight excluding hydrogens is 192 g/mol. The van der Waals surface area contributed by atoms with Gasteiger partial charge in [0, 0.05) is 23.0 Å². The summed E-state index contributed by atoms with van der Waals surface area (Å²) in [5.74, 6) is 1.88. The summed E-state index contributed by atoms with van der Waals surface area (Å²) in [4.78, 5) is 10.8. The highest BCUT2D eigenvalue weighted by molar-refractivity contribution is 8.22. The molecule has 0 spiro atoms. The van der Waals surface area contributed by atoms with Crippen molar-refractivity contribution in [2.75, 3.05) is 18.1 Å². The molecule has 0 saturated heterocycles. The normalized spacial score (nSPS) is 17.8. The molecule has 0 bridgehead atoms. The van der Waals surface area contributed by atoms with Gasteiger partial charge in [0.05, 0.1) is 5.75 Å². The molecule has 4 heteroatoms. The molecule has 0 unspecified atom stereocenters. The smallest absolute Gasteiger partial charge is 0.146 e. The quantitative estimate of drug-likeness (QED) is 0.707. The molecule has 1 aliphatic heterocycles. The molecule has 1 N–H and O–H groups in total. The van der Waals surface area contributed by atoms with Crippen molar-refractivity contribution in [3.05, 3.63) is 10.3 Å². The third-order valence-corrected chi connectivity index (χ3v) is 3.99. The summed E-state index contributed by atoms with van der Waals surface area (Å²) in [6.45, 7) is 0.254. The van der Waals surface area contributed by atoms with Crippen LogP contribution in [0.4, 0.5) is 0 Å². The van der Waals surface area contributed by atoms with Crippen molar-refractivity contribution in [3.8, 4) is 0 Å². The Morgan fingerprint density at radius 3 is 3.08 bits per heavy atom. The number of hydrogen-bond donors (Lipinski definition) is 1. The zero-order valence-electron chi connectivity index (χ0n) is 6.78. The lowest BCUT2D eigenvalue weighted by molar-refractivity contribution is -0.115. The Hall–Kier alpha value is 0.0700. The summed E-state index contributed by atoms with van der Waals surface area (Å²) in [6, 6.07) is 0. The summed E-state index contributed by atoms with van der Waals surface area (Å²) in [7, 11) is 0. The van der Waals surface area contributed by atoms with Crippen molar-refractivity contribution in [3.63, 3.8) is 0 Å². The second-order valence-corrected chi connectivity index (χ2v) is 4.89. The van der Waals surface area contributed by atoms with Gasteiger partial charge in [-0.2, -0.15) is 0 Å². The second-order valence-electron chi connectivity index (χ2n) is 2.48. The number of thioether (sulfide) groups is 2. The van der Waals surface area contributed by atoms with Gasteiger partial charge < -0.3 is 5.11 Å². The lowest BCUT2D eigenvalue weighted by Gasteiger charge is -2.09. The molecule has 0 aromatic carbocycles. The number of carbonyl (C=O) groups is 1. The molecular formula is C8H12O2S2. The minimum atomic E-state index is 0.254. The van der Waals surface area contributed by atoms with Gasteiger partial charge in [0.15, 0.2) is 0 Å². The lowest BCUT2D eigenvalue weighted by atomic mass is 10.3. The number of allylic oxidation sites excluding steroid dienone is 1. The third kappa shape index (κ3) is 3.65. The summed E-state index contributed by atoms with van der Waals surface area (Å²) < 4.78 is 1.24. The molecule has 0 aromatic heterocycles. The molecule has 0 aromatic rings. The van der Waals surface area contributed by atoms with Crippen LogP contribution in [0.15, 0.2) is 10.3 Å². The highest BCUT2D eigenvalue weighted by Crippen LogP contribution is 2.32. The summed E-state index contributed by atoms with van der Waals surface area (Å²) in [5, 5.41) is 8.54. The van der Waals surface area contributed by atoms with E-state index >= 15 is 0 Å². The van der Waals surface area contributed by atoms with Crippen molar-refractivity contribution < 1.29 is 9.90 Å². The lowest BCUT2D eigenvalue weighted by Crippen LogP contribution is -2.03. The van der Waals surface area contributed by atoms with Gasteiger partial charge >= 0.3 is 0 Å². The molecule has 2 nitrogen and oxygen atoms in total. The van der Waals surface area contributed by atoms with Crippen LogP contribution in [0.1, 0.15) is 12.8 Å². The Labute approximate surface area is 80.8 Å². The van der Waals surface area contributed by atoms with E-state index in [4.69, 9.17) is 5.11 Å². The fraction of sp³-hybridized carbons (Fsp3) is 0.625. The highest BCUT2D eigenvalue weighted by atomic mass is 32.2. The largest absolute Gasteiger partial charge is 0.396 e. The number of hydrogen-bond acceptors (Lipinski definition) is 4.